The normalized spacial score (nSPS) is 14.6. The number of hydrogen-bond acceptors (Lipinski definition) is 2. The van der Waals surface area contributed by atoms with Gasteiger partial charge in [0.15, 0.2) is 0 Å². The number of anilines is 1. The summed E-state index contributed by atoms with van der Waals surface area (Å²) < 4.78 is 2.16. The molecule has 150 valence electrons. The van der Waals surface area contributed by atoms with E-state index in [2.05, 4.69) is 52.2 Å². The average molecular weight is 389 g/mol. The number of imidazole rings is 1. The standard InChI is InChI=1S/C24H28N4O/c1-17(2)23-25-13-14-28(23)16-18-7-6-10-21(15-18)26-24(29)27-22(20-11-12-20)19-8-4-3-5-9-19/h3-10,13-15,17,20,22H,11-12,16H2,1-2H3,(H2,26,27,29). The Balaban J connectivity index is 1.42. The van der Waals surface area contributed by atoms with Crippen molar-refractivity contribution in [1.29, 1.82) is 0 Å². The summed E-state index contributed by atoms with van der Waals surface area (Å²) >= 11 is 0. The van der Waals surface area contributed by atoms with E-state index < -0.39 is 0 Å². The predicted octanol–water partition coefficient (Wildman–Crippen LogP) is 5.33. The molecule has 5 heteroatoms. The Morgan fingerprint density at radius 2 is 1.93 bits per heavy atom. The minimum Gasteiger partial charge on any atom is -0.331 e. The molecule has 1 saturated carbocycles. The Labute approximate surface area is 172 Å². The molecule has 1 fully saturated rings. The van der Waals surface area contributed by atoms with E-state index in [1.165, 1.54) is 18.4 Å². The van der Waals surface area contributed by atoms with Gasteiger partial charge in [-0.05, 0) is 42.0 Å². The van der Waals surface area contributed by atoms with Crippen LogP contribution in [0.1, 0.15) is 55.6 Å². The highest BCUT2D eigenvalue weighted by Gasteiger charge is 2.33. The summed E-state index contributed by atoms with van der Waals surface area (Å²) in [6, 6.07) is 18.1. The van der Waals surface area contributed by atoms with Crippen LogP contribution in [0.5, 0.6) is 0 Å². The maximum atomic E-state index is 12.7. The summed E-state index contributed by atoms with van der Waals surface area (Å²) in [4.78, 5) is 17.1. The maximum Gasteiger partial charge on any atom is 0.319 e. The van der Waals surface area contributed by atoms with Crippen LogP contribution >= 0.6 is 0 Å². The molecule has 1 atom stereocenters. The van der Waals surface area contributed by atoms with Gasteiger partial charge in [0.1, 0.15) is 5.82 Å². The first-order valence-corrected chi connectivity index (χ1v) is 10.3. The van der Waals surface area contributed by atoms with Gasteiger partial charge in [0.05, 0.1) is 6.04 Å². The lowest BCUT2D eigenvalue weighted by molar-refractivity contribution is 0.247. The van der Waals surface area contributed by atoms with Gasteiger partial charge < -0.3 is 15.2 Å². The number of nitrogens with zero attached hydrogens (tertiary/aromatic N) is 2. The summed E-state index contributed by atoms with van der Waals surface area (Å²) in [5.41, 5.74) is 3.10. The lowest BCUT2D eigenvalue weighted by atomic mass is 10.0. The molecule has 0 aliphatic heterocycles. The fraction of sp³-hybridized carbons (Fsp3) is 0.333. The molecule has 0 bridgehead atoms. The van der Waals surface area contributed by atoms with E-state index >= 15 is 0 Å². The molecule has 1 aliphatic carbocycles. The van der Waals surface area contributed by atoms with E-state index in [9.17, 15) is 4.79 Å². The molecule has 3 aromatic rings. The quantitative estimate of drug-likeness (QED) is 0.575. The van der Waals surface area contributed by atoms with Crippen molar-refractivity contribution in [2.24, 2.45) is 5.92 Å². The topological polar surface area (TPSA) is 59.0 Å². The van der Waals surface area contributed by atoms with Crippen molar-refractivity contribution in [2.75, 3.05) is 5.32 Å². The van der Waals surface area contributed by atoms with Gasteiger partial charge in [0, 0.05) is 30.5 Å². The molecule has 1 aromatic heterocycles. The van der Waals surface area contributed by atoms with Crippen molar-refractivity contribution in [3.8, 4) is 0 Å². The summed E-state index contributed by atoms with van der Waals surface area (Å²) in [5.74, 6) is 1.97. The van der Waals surface area contributed by atoms with Crippen molar-refractivity contribution in [3.05, 3.63) is 83.9 Å². The first kappa shape index (κ1) is 19.2. The first-order chi connectivity index (χ1) is 14.1. The third-order valence-electron chi connectivity index (χ3n) is 5.34. The van der Waals surface area contributed by atoms with Crippen LogP contribution in [0.25, 0.3) is 0 Å². The highest BCUT2D eigenvalue weighted by molar-refractivity contribution is 5.89. The molecular weight excluding hydrogens is 360 g/mol. The minimum atomic E-state index is -0.159. The number of rotatable bonds is 7. The Morgan fingerprint density at radius 3 is 2.66 bits per heavy atom. The maximum absolute atomic E-state index is 12.7. The molecule has 4 rings (SSSR count). The van der Waals surface area contributed by atoms with E-state index in [4.69, 9.17) is 0 Å². The smallest absolute Gasteiger partial charge is 0.319 e. The van der Waals surface area contributed by atoms with Crippen molar-refractivity contribution >= 4 is 11.7 Å². The van der Waals surface area contributed by atoms with Gasteiger partial charge in [0.25, 0.3) is 0 Å². The molecule has 29 heavy (non-hydrogen) atoms. The molecule has 0 radical (unpaired) electrons. The molecule has 2 N–H and O–H groups in total. The zero-order valence-corrected chi connectivity index (χ0v) is 17.0. The third kappa shape index (κ3) is 4.86. The number of carbonyl (C=O) groups excluding carboxylic acids is 1. The summed E-state index contributed by atoms with van der Waals surface area (Å²) in [6.07, 6.45) is 6.17. The van der Waals surface area contributed by atoms with Gasteiger partial charge >= 0.3 is 6.03 Å². The Kier molecular flexibility index (Phi) is 5.65. The highest BCUT2D eigenvalue weighted by Crippen LogP contribution is 2.40. The van der Waals surface area contributed by atoms with Crippen LogP contribution in [-0.2, 0) is 6.54 Å². The van der Waals surface area contributed by atoms with Gasteiger partial charge in [0.2, 0.25) is 0 Å². The fourth-order valence-electron chi connectivity index (χ4n) is 3.77. The van der Waals surface area contributed by atoms with Crippen LogP contribution in [0.3, 0.4) is 0 Å². The predicted molar refractivity (Wildman–Crippen MR) is 116 cm³/mol. The lowest BCUT2D eigenvalue weighted by Gasteiger charge is -2.19. The Bertz CT molecular complexity index is 960. The van der Waals surface area contributed by atoms with Gasteiger partial charge in [-0.2, -0.15) is 0 Å². The molecule has 1 aliphatic rings. The summed E-state index contributed by atoms with van der Waals surface area (Å²) in [6.45, 7) is 5.02. The summed E-state index contributed by atoms with van der Waals surface area (Å²) in [7, 11) is 0. The number of amides is 2. The van der Waals surface area contributed by atoms with Gasteiger partial charge in [-0.25, -0.2) is 9.78 Å². The van der Waals surface area contributed by atoms with Crippen molar-refractivity contribution in [3.63, 3.8) is 0 Å². The number of aromatic nitrogens is 2. The van der Waals surface area contributed by atoms with E-state index in [0.29, 0.717) is 11.8 Å². The zero-order chi connectivity index (χ0) is 20.2. The van der Waals surface area contributed by atoms with Gasteiger partial charge in [-0.15, -0.1) is 0 Å². The highest BCUT2D eigenvalue weighted by atomic mass is 16.2. The van der Waals surface area contributed by atoms with E-state index in [1.54, 1.807) is 0 Å². The average Bonchev–Trinajstić information content (AvgIpc) is 3.45. The SMILES string of the molecule is CC(C)c1nccn1Cc1cccc(NC(=O)NC(c2ccccc2)C2CC2)c1. The zero-order valence-electron chi connectivity index (χ0n) is 17.0. The number of benzene rings is 2. The number of nitrogens with one attached hydrogen (secondary N) is 2. The van der Waals surface area contributed by atoms with Crippen LogP contribution in [-0.4, -0.2) is 15.6 Å². The van der Waals surface area contributed by atoms with Crippen LogP contribution in [0.15, 0.2) is 67.0 Å². The molecule has 1 heterocycles. The van der Waals surface area contributed by atoms with Crippen LogP contribution in [0.4, 0.5) is 10.5 Å². The molecular formula is C24H28N4O. The minimum absolute atomic E-state index is 0.0685. The summed E-state index contributed by atoms with van der Waals surface area (Å²) in [5, 5.41) is 6.17. The van der Waals surface area contributed by atoms with E-state index in [-0.39, 0.29) is 12.1 Å². The molecule has 0 saturated heterocycles. The van der Waals surface area contributed by atoms with Gasteiger partial charge in [-0.3, -0.25) is 0 Å². The fourth-order valence-corrected chi connectivity index (χ4v) is 3.77. The van der Waals surface area contributed by atoms with Crippen molar-refractivity contribution in [1.82, 2.24) is 14.9 Å². The molecule has 0 spiro atoms. The largest absolute Gasteiger partial charge is 0.331 e. The Morgan fingerprint density at radius 1 is 1.14 bits per heavy atom. The van der Waals surface area contributed by atoms with E-state index in [0.717, 1.165) is 23.6 Å². The number of carbonyl (C=O) groups is 1. The van der Waals surface area contributed by atoms with Crippen molar-refractivity contribution in [2.45, 2.75) is 45.2 Å². The second-order valence-corrected chi connectivity index (χ2v) is 8.09. The van der Waals surface area contributed by atoms with Gasteiger partial charge in [-0.1, -0.05) is 56.3 Å². The molecule has 2 amide bonds. The number of urea groups is 1. The van der Waals surface area contributed by atoms with Crippen LogP contribution < -0.4 is 10.6 Å². The molecule has 1 unspecified atom stereocenters. The number of hydrogen-bond donors (Lipinski definition) is 2. The second-order valence-electron chi connectivity index (χ2n) is 8.09. The second kappa shape index (κ2) is 8.52. The first-order valence-electron chi connectivity index (χ1n) is 10.3. The van der Waals surface area contributed by atoms with E-state index in [1.807, 2.05) is 48.8 Å². The monoisotopic (exact) mass is 388 g/mol. The molecule has 5 nitrogen and oxygen atoms in total. The molecule has 2 aromatic carbocycles. The van der Waals surface area contributed by atoms with Crippen LogP contribution in [0, 0.1) is 5.92 Å². The third-order valence-corrected chi connectivity index (χ3v) is 5.34. The van der Waals surface area contributed by atoms with Crippen LogP contribution in [0.2, 0.25) is 0 Å². The van der Waals surface area contributed by atoms with Crippen molar-refractivity contribution < 1.29 is 4.79 Å². The Hall–Kier alpha value is -3.08. The lowest BCUT2D eigenvalue weighted by Crippen LogP contribution is -2.33.